The Bertz CT molecular complexity index is 669. The molecule has 0 saturated carbocycles. The molecule has 0 radical (unpaired) electrons. The molecule has 2 aromatic heterocycles. The second-order valence-corrected chi connectivity index (χ2v) is 4.53. The van der Waals surface area contributed by atoms with Crippen molar-refractivity contribution in [1.82, 2.24) is 9.88 Å². The number of nitrogens with zero attached hydrogens (tertiary/aromatic N) is 1. The van der Waals surface area contributed by atoms with Gasteiger partial charge in [0.25, 0.3) is 5.91 Å². The molecular formula is C15H14N2O2. The fourth-order valence-corrected chi connectivity index (χ4v) is 2.10. The number of aromatic nitrogens is 1. The first-order valence-electron chi connectivity index (χ1n) is 6.09. The summed E-state index contributed by atoms with van der Waals surface area (Å²) in [6, 6.07) is 13.5. The fourth-order valence-electron chi connectivity index (χ4n) is 2.10. The van der Waals surface area contributed by atoms with Gasteiger partial charge in [0.05, 0.1) is 11.8 Å². The zero-order chi connectivity index (χ0) is 13.2. The fraction of sp³-hybridized carbons (Fsp3) is 0.133. The van der Waals surface area contributed by atoms with Crippen LogP contribution < -0.4 is 0 Å². The lowest BCUT2D eigenvalue weighted by Gasteiger charge is -2.16. The molecule has 0 saturated heterocycles. The Hall–Kier alpha value is -2.49. The van der Waals surface area contributed by atoms with Crippen molar-refractivity contribution in [2.45, 2.75) is 6.54 Å². The van der Waals surface area contributed by atoms with Crippen molar-refractivity contribution in [1.29, 1.82) is 0 Å². The third-order valence-corrected chi connectivity index (χ3v) is 3.08. The second kappa shape index (κ2) is 4.65. The molecule has 2 heterocycles. The number of fused-ring (bicyclic) bond motifs is 1. The summed E-state index contributed by atoms with van der Waals surface area (Å²) in [6.45, 7) is 0.583. The van der Waals surface area contributed by atoms with Crippen molar-refractivity contribution in [3.05, 3.63) is 60.0 Å². The van der Waals surface area contributed by atoms with Gasteiger partial charge in [-0.1, -0.05) is 30.3 Å². The number of benzene rings is 1. The lowest BCUT2D eigenvalue weighted by Crippen LogP contribution is -2.26. The molecule has 0 aliphatic heterocycles. The number of hydrogen-bond donors (Lipinski definition) is 1. The third kappa shape index (κ3) is 2.25. The van der Waals surface area contributed by atoms with E-state index in [9.17, 15) is 4.79 Å². The summed E-state index contributed by atoms with van der Waals surface area (Å²) >= 11 is 0. The molecule has 0 aliphatic rings. The average Bonchev–Trinajstić information content (AvgIpc) is 2.99. The predicted molar refractivity (Wildman–Crippen MR) is 72.8 cm³/mol. The van der Waals surface area contributed by atoms with E-state index < -0.39 is 0 Å². The number of carbonyl (C=O) groups is 1. The molecule has 4 heteroatoms. The van der Waals surface area contributed by atoms with Gasteiger partial charge >= 0.3 is 0 Å². The topological polar surface area (TPSA) is 49.2 Å². The van der Waals surface area contributed by atoms with Gasteiger partial charge in [-0.25, -0.2) is 0 Å². The Kier molecular flexibility index (Phi) is 2.83. The highest BCUT2D eigenvalue weighted by atomic mass is 16.3. The van der Waals surface area contributed by atoms with Gasteiger partial charge in [-0.15, -0.1) is 0 Å². The summed E-state index contributed by atoms with van der Waals surface area (Å²) in [5.74, 6) is -0.0461. The van der Waals surface area contributed by atoms with Gasteiger partial charge in [0.1, 0.15) is 5.69 Å². The zero-order valence-electron chi connectivity index (χ0n) is 10.6. The Morgan fingerprint density at radius 1 is 1.26 bits per heavy atom. The van der Waals surface area contributed by atoms with Crippen molar-refractivity contribution in [3.8, 4) is 0 Å². The van der Waals surface area contributed by atoms with Crippen molar-refractivity contribution in [3.63, 3.8) is 0 Å². The van der Waals surface area contributed by atoms with Crippen LogP contribution in [0.2, 0.25) is 0 Å². The first-order valence-corrected chi connectivity index (χ1v) is 6.09. The summed E-state index contributed by atoms with van der Waals surface area (Å²) in [5, 5.41) is 0. The SMILES string of the molecule is CN(Cc1ccccc1)C(=O)c1cc2occc2[nH]1. The van der Waals surface area contributed by atoms with E-state index in [1.54, 1.807) is 24.3 Å². The maximum atomic E-state index is 12.3. The quantitative estimate of drug-likeness (QED) is 0.781. The molecule has 0 atom stereocenters. The molecule has 19 heavy (non-hydrogen) atoms. The first kappa shape index (κ1) is 11.6. The van der Waals surface area contributed by atoms with E-state index in [1.165, 1.54) is 0 Å². The van der Waals surface area contributed by atoms with Crippen LogP contribution >= 0.6 is 0 Å². The highest BCUT2D eigenvalue weighted by Gasteiger charge is 2.15. The number of amides is 1. The molecule has 0 fully saturated rings. The van der Waals surface area contributed by atoms with Crippen LogP contribution in [0, 0.1) is 0 Å². The number of carbonyl (C=O) groups excluding carboxylic acids is 1. The number of aromatic amines is 1. The van der Waals surface area contributed by atoms with Crippen LogP contribution in [0.3, 0.4) is 0 Å². The van der Waals surface area contributed by atoms with Crippen LogP contribution in [-0.4, -0.2) is 22.8 Å². The minimum Gasteiger partial charge on any atom is -0.463 e. The second-order valence-electron chi connectivity index (χ2n) is 4.53. The zero-order valence-corrected chi connectivity index (χ0v) is 10.6. The van der Waals surface area contributed by atoms with Crippen molar-refractivity contribution < 1.29 is 9.21 Å². The maximum absolute atomic E-state index is 12.3. The third-order valence-electron chi connectivity index (χ3n) is 3.08. The van der Waals surface area contributed by atoms with Gasteiger partial charge in [-0.05, 0) is 5.56 Å². The van der Waals surface area contributed by atoms with Crippen molar-refractivity contribution in [2.75, 3.05) is 7.05 Å². The van der Waals surface area contributed by atoms with Crippen LogP contribution in [0.4, 0.5) is 0 Å². The highest BCUT2D eigenvalue weighted by Crippen LogP contribution is 2.17. The lowest BCUT2D eigenvalue weighted by molar-refractivity contribution is 0.0780. The van der Waals surface area contributed by atoms with Crippen LogP contribution in [0.5, 0.6) is 0 Å². The molecule has 1 aromatic carbocycles. The van der Waals surface area contributed by atoms with Crippen LogP contribution in [0.25, 0.3) is 11.1 Å². The molecular weight excluding hydrogens is 240 g/mol. The monoisotopic (exact) mass is 254 g/mol. The minimum atomic E-state index is -0.0461. The molecule has 0 aliphatic carbocycles. The standard InChI is InChI=1S/C15H14N2O2/c1-17(10-11-5-3-2-4-6-11)15(18)13-9-14-12(16-13)7-8-19-14/h2-9,16H,10H2,1H3. The van der Waals surface area contributed by atoms with Gasteiger partial charge in [-0.2, -0.15) is 0 Å². The smallest absolute Gasteiger partial charge is 0.270 e. The van der Waals surface area contributed by atoms with Gasteiger partial charge in [0.15, 0.2) is 5.58 Å². The van der Waals surface area contributed by atoms with E-state index in [0.717, 1.165) is 11.1 Å². The number of H-pyrrole nitrogens is 1. The van der Waals surface area contributed by atoms with Crippen LogP contribution in [-0.2, 0) is 6.54 Å². The summed E-state index contributed by atoms with van der Waals surface area (Å²) < 4.78 is 5.24. The minimum absolute atomic E-state index is 0.0461. The Balaban J connectivity index is 1.78. The van der Waals surface area contributed by atoms with Gasteiger partial charge in [-0.3, -0.25) is 4.79 Å². The molecule has 3 aromatic rings. The van der Waals surface area contributed by atoms with E-state index in [2.05, 4.69) is 4.98 Å². The molecule has 3 rings (SSSR count). The predicted octanol–water partition coefficient (Wildman–Crippen LogP) is 3.03. The maximum Gasteiger partial charge on any atom is 0.270 e. The number of furan rings is 1. The summed E-state index contributed by atoms with van der Waals surface area (Å²) in [5.41, 5.74) is 3.20. The van der Waals surface area contributed by atoms with Crippen LogP contribution in [0.1, 0.15) is 16.1 Å². The first-order chi connectivity index (χ1) is 9.24. The Morgan fingerprint density at radius 3 is 2.79 bits per heavy atom. The molecule has 0 bridgehead atoms. The number of rotatable bonds is 3. The summed E-state index contributed by atoms with van der Waals surface area (Å²) in [6.07, 6.45) is 1.60. The molecule has 1 amide bonds. The van der Waals surface area contributed by atoms with Gasteiger partial charge in [0, 0.05) is 25.7 Å². The van der Waals surface area contributed by atoms with Gasteiger partial charge in [0.2, 0.25) is 0 Å². The summed E-state index contributed by atoms with van der Waals surface area (Å²) in [7, 11) is 1.79. The lowest BCUT2D eigenvalue weighted by atomic mass is 10.2. The highest BCUT2D eigenvalue weighted by molar-refractivity contribution is 5.96. The van der Waals surface area contributed by atoms with E-state index in [0.29, 0.717) is 17.8 Å². The Morgan fingerprint density at radius 2 is 2.05 bits per heavy atom. The van der Waals surface area contributed by atoms with E-state index in [1.807, 2.05) is 36.4 Å². The molecule has 1 N–H and O–H groups in total. The van der Waals surface area contributed by atoms with E-state index in [-0.39, 0.29) is 5.91 Å². The Labute approximate surface area is 110 Å². The summed E-state index contributed by atoms with van der Waals surface area (Å²) in [4.78, 5) is 17.0. The average molecular weight is 254 g/mol. The van der Waals surface area contributed by atoms with Gasteiger partial charge < -0.3 is 14.3 Å². The van der Waals surface area contributed by atoms with E-state index in [4.69, 9.17) is 4.42 Å². The largest absolute Gasteiger partial charge is 0.463 e. The van der Waals surface area contributed by atoms with Crippen LogP contribution in [0.15, 0.2) is 53.1 Å². The molecule has 4 nitrogen and oxygen atoms in total. The number of hydrogen-bond acceptors (Lipinski definition) is 2. The van der Waals surface area contributed by atoms with Crippen molar-refractivity contribution in [2.24, 2.45) is 0 Å². The molecule has 0 unspecified atom stereocenters. The van der Waals surface area contributed by atoms with Crippen molar-refractivity contribution >= 4 is 17.0 Å². The van der Waals surface area contributed by atoms with E-state index >= 15 is 0 Å². The molecule has 0 spiro atoms. The normalized spacial score (nSPS) is 10.8. The molecule has 96 valence electrons. The number of nitrogens with one attached hydrogen (secondary N) is 1.